The zero-order valence-electron chi connectivity index (χ0n) is 10.4. The van der Waals surface area contributed by atoms with Crippen LogP contribution in [0.5, 0.6) is 0 Å². The molecule has 8 nitrogen and oxygen atoms in total. The molecule has 104 valence electrons. The lowest BCUT2D eigenvalue weighted by Crippen LogP contribution is -2.57. The largest absolute Gasteiger partial charge is 0.481 e. The second-order valence-corrected chi connectivity index (χ2v) is 4.13. The number of carboxylic acids is 1. The summed E-state index contributed by atoms with van der Waals surface area (Å²) in [5.41, 5.74) is 0. The molecule has 0 spiro atoms. The minimum Gasteiger partial charge on any atom is -0.481 e. The van der Waals surface area contributed by atoms with Crippen molar-refractivity contribution in [2.45, 2.75) is 18.9 Å². The molecule has 0 radical (unpaired) electrons. The van der Waals surface area contributed by atoms with Crippen LogP contribution < -0.4 is 10.6 Å². The maximum atomic E-state index is 11.6. The summed E-state index contributed by atoms with van der Waals surface area (Å²) in [6, 6.07) is 1.07. The molecule has 1 aliphatic rings. The first kappa shape index (κ1) is 14.9. The number of hydrogen-bond donors (Lipinski definition) is 3. The van der Waals surface area contributed by atoms with E-state index in [4.69, 9.17) is 10.4 Å². The van der Waals surface area contributed by atoms with Crippen molar-refractivity contribution in [1.29, 1.82) is 5.26 Å². The van der Waals surface area contributed by atoms with Crippen LogP contribution in [0, 0.1) is 11.3 Å². The van der Waals surface area contributed by atoms with Crippen molar-refractivity contribution < 1.29 is 19.5 Å². The lowest BCUT2D eigenvalue weighted by atomic mass is 10.1. The lowest BCUT2D eigenvalue weighted by molar-refractivity contribution is -0.144. The summed E-state index contributed by atoms with van der Waals surface area (Å²) >= 11 is 0. The number of carbonyl (C=O) groups is 3. The Kier molecular flexibility index (Phi) is 5.75. The first-order valence-corrected chi connectivity index (χ1v) is 5.91. The third-order valence-corrected chi connectivity index (χ3v) is 2.72. The number of nitrogens with zero attached hydrogens (tertiary/aromatic N) is 2. The molecule has 1 unspecified atom stereocenters. The van der Waals surface area contributed by atoms with Crippen LogP contribution in [0.1, 0.15) is 12.8 Å². The molecule has 0 aromatic rings. The highest BCUT2D eigenvalue weighted by molar-refractivity contribution is 5.87. The van der Waals surface area contributed by atoms with Crippen LogP contribution in [-0.2, 0) is 14.4 Å². The van der Waals surface area contributed by atoms with Crippen molar-refractivity contribution in [2.24, 2.45) is 0 Å². The standard InChI is InChI=1S/C11H16N4O4/c12-2-1-3-13-9(16)7-15-5-4-14-11(19)8(15)6-10(17)18/h8H,1,3-7H2,(H,13,16)(H,14,19)(H,17,18). The van der Waals surface area contributed by atoms with Crippen LogP contribution >= 0.6 is 0 Å². The molecule has 1 fully saturated rings. The van der Waals surface area contributed by atoms with Gasteiger partial charge in [0.25, 0.3) is 0 Å². The summed E-state index contributed by atoms with van der Waals surface area (Å²) in [5.74, 6) is -1.78. The molecular formula is C11H16N4O4. The van der Waals surface area contributed by atoms with Gasteiger partial charge in [0.15, 0.2) is 0 Å². The Hall–Kier alpha value is -2.14. The number of nitriles is 1. The SMILES string of the molecule is N#CCCNC(=O)CN1CCNC(=O)C1CC(=O)O. The second kappa shape index (κ2) is 7.33. The fourth-order valence-corrected chi connectivity index (χ4v) is 1.84. The minimum absolute atomic E-state index is 0.0448. The molecule has 8 heteroatoms. The minimum atomic E-state index is -1.09. The maximum absolute atomic E-state index is 11.6. The second-order valence-electron chi connectivity index (χ2n) is 4.13. The zero-order chi connectivity index (χ0) is 14.3. The molecule has 1 heterocycles. The monoisotopic (exact) mass is 268 g/mol. The van der Waals surface area contributed by atoms with Crippen molar-refractivity contribution in [1.82, 2.24) is 15.5 Å². The molecule has 2 amide bonds. The van der Waals surface area contributed by atoms with Crippen LogP contribution in [0.4, 0.5) is 0 Å². The summed E-state index contributed by atoms with van der Waals surface area (Å²) in [6.45, 7) is 1.02. The molecule has 1 aliphatic heterocycles. The van der Waals surface area contributed by atoms with Gasteiger partial charge >= 0.3 is 5.97 Å². The summed E-state index contributed by atoms with van der Waals surface area (Å²) in [5, 5.41) is 22.2. The van der Waals surface area contributed by atoms with E-state index in [0.717, 1.165) is 0 Å². The number of nitrogens with one attached hydrogen (secondary N) is 2. The predicted molar refractivity (Wildman–Crippen MR) is 63.9 cm³/mol. The van der Waals surface area contributed by atoms with Gasteiger partial charge in [0.1, 0.15) is 6.04 Å². The van der Waals surface area contributed by atoms with E-state index in [-0.39, 0.29) is 37.7 Å². The van der Waals surface area contributed by atoms with E-state index in [2.05, 4.69) is 10.6 Å². The normalized spacial score (nSPS) is 19.3. The first-order chi connectivity index (χ1) is 9.04. The number of hydrogen-bond acceptors (Lipinski definition) is 5. The van der Waals surface area contributed by atoms with Crippen LogP contribution in [0.25, 0.3) is 0 Å². The Bertz CT molecular complexity index is 404. The van der Waals surface area contributed by atoms with Crippen molar-refractivity contribution in [2.75, 3.05) is 26.2 Å². The topological polar surface area (TPSA) is 123 Å². The lowest BCUT2D eigenvalue weighted by Gasteiger charge is -2.33. The van der Waals surface area contributed by atoms with Crippen molar-refractivity contribution in [3.8, 4) is 6.07 Å². The number of amides is 2. The van der Waals surface area contributed by atoms with E-state index in [0.29, 0.717) is 13.1 Å². The summed E-state index contributed by atoms with van der Waals surface area (Å²) in [6.07, 6.45) is -0.123. The van der Waals surface area contributed by atoms with E-state index < -0.39 is 12.0 Å². The van der Waals surface area contributed by atoms with Crippen molar-refractivity contribution in [3.05, 3.63) is 0 Å². The molecule has 0 aromatic carbocycles. The highest BCUT2D eigenvalue weighted by Gasteiger charge is 2.32. The third-order valence-electron chi connectivity index (χ3n) is 2.72. The van der Waals surface area contributed by atoms with Gasteiger partial charge < -0.3 is 15.7 Å². The average Bonchev–Trinajstić information content (AvgIpc) is 2.33. The number of carboxylic acid groups (broad SMARTS) is 1. The highest BCUT2D eigenvalue weighted by atomic mass is 16.4. The third kappa shape index (κ3) is 4.93. The van der Waals surface area contributed by atoms with Gasteiger partial charge in [-0.05, 0) is 0 Å². The van der Waals surface area contributed by atoms with Crippen LogP contribution in [0.2, 0.25) is 0 Å². The van der Waals surface area contributed by atoms with Gasteiger partial charge in [-0.1, -0.05) is 0 Å². The van der Waals surface area contributed by atoms with Crippen LogP contribution in [0.3, 0.4) is 0 Å². The molecule has 0 aromatic heterocycles. The van der Waals surface area contributed by atoms with E-state index in [1.165, 1.54) is 4.90 Å². The zero-order valence-corrected chi connectivity index (χ0v) is 10.4. The van der Waals surface area contributed by atoms with Gasteiger partial charge in [-0.3, -0.25) is 19.3 Å². The van der Waals surface area contributed by atoms with Crippen LogP contribution in [0.15, 0.2) is 0 Å². The smallest absolute Gasteiger partial charge is 0.305 e. The number of rotatable bonds is 6. The molecule has 3 N–H and O–H groups in total. The Balaban J connectivity index is 2.52. The Morgan fingerprint density at radius 3 is 2.95 bits per heavy atom. The summed E-state index contributed by atoms with van der Waals surface area (Å²) < 4.78 is 0. The summed E-state index contributed by atoms with van der Waals surface area (Å²) in [4.78, 5) is 35.4. The molecule has 1 atom stereocenters. The van der Waals surface area contributed by atoms with E-state index in [9.17, 15) is 14.4 Å². The Labute approximate surface area is 110 Å². The summed E-state index contributed by atoms with van der Waals surface area (Å²) in [7, 11) is 0. The number of carbonyl (C=O) groups excluding carboxylic acids is 2. The maximum Gasteiger partial charge on any atom is 0.305 e. The fourth-order valence-electron chi connectivity index (χ4n) is 1.84. The van der Waals surface area contributed by atoms with Gasteiger partial charge in [0.2, 0.25) is 11.8 Å². The first-order valence-electron chi connectivity index (χ1n) is 5.91. The Morgan fingerprint density at radius 2 is 2.32 bits per heavy atom. The molecule has 0 bridgehead atoms. The van der Waals surface area contributed by atoms with E-state index in [1.54, 1.807) is 0 Å². The number of piperazine rings is 1. The fraction of sp³-hybridized carbons (Fsp3) is 0.636. The van der Waals surface area contributed by atoms with Crippen molar-refractivity contribution >= 4 is 17.8 Å². The van der Waals surface area contributed by atoms with Gasteiger partial charge in [0, 0.05) is 19.6 Å². The van der Waals surface area contributed by atoms with Gasteiger partial charge in [-0.15, -0.1) is 0 Å². The van der Waals surface area contributed by atoms with E-state index >= 15 is 0 Å². The molecule has 0 aliphatic carbocycles. The van der Waals surface area contributed by atoms with Gasteiger partial charge in [-0.2, -0.15) is 5.26 Å². The molecular weight excluding hydrogens is 252 g/mol. The Morgan fingerprint density at radius 1 is 1.58 bits per heavy atom. The molecule has 19 heavy (non-hydrogen) atoms. The quantitative estimate of drug-likeness (QED) is 0.493. The highest BCUT2D eigenvalue weighted by Crippen LogP contribution is 2.08. The number of aliphatic carboxylic acids is 1. The average molecular weight is 268 g/mol. The van der Waals surface area contributed by atoms with Crippen molar-refractivity contribution in [3.63, 3.8) is 0 Å². The molecule has 1 rings (SSSR count). The molecule has 0 saturated carbocycles. The predicted octanol–water partition coefficient (Wildman–Crippen LogP) is -1.71. The van der Waals surface area contributed by atoms with E-state index in [1.807, 2.05) is 6.07 Å². The molecule has 1 saturated heterocycles. The van der Waals surface area contributed by atoms with Crippen LogP contribution in [-0.4, -0.2) is 60.0 Å². The van der Waals surface area contributed by atoms with Gasteiger partial charge in [-0.25, -0.2) is 0 Å². The van der Waals surface area contributed by atoms with Gasteiger partial charge in [0.05, 0.1) is 25.5 Å².